The fraction of sp³-hybridized carbons (Fsp3) is 0.500. The number of rotatable bonds is 10. The second-order valence-corrected chi connectivity index (χ2v) is 12.5. The molecule has 4 N–H and O–H groups in total. The molecule has 5 rings (SSSR count). The van der Waals surface area contributed by atoms with Gasteiger partial charge in [0.2, 0.25) is 11.8 Å². The number of aliphatic hydroxyl groups excluding tert-OH is 1. The molecular formula is C36H45N3O8. The average Bonchev–Trinajstić information content (AvgIpc) is 3.67. The molecule has 2 aromatic rings. The third-order valence-electron chi connectivity index (χ3n) is 9.18. The molecule has 0 bridgehead atoms. The maximum absolute atomic E-state index is 13.5. The van der Waals surface area contributed by atoms with E-state index in [0.29, 0.717) is 25.7 Å². The lowest BCUT2D eigenvalue weighted by Crippen LogP contribution is -2.53. The first-order valence-electron chi connectivity index (χ1n) is 16.6. The third kappa shape index (κ3) is 8.99. The summed E-state index contributed by atoms with van der Waals surface area (Å²) in [7, 11) is 0. The van der Waals surface area contributed by atoms with E-state index in [1.807, 2.05) is 48.6 Å². The Bertz CT molecular complexity index is 1390. The molecule has 0 saturated heterocycles. The fourth-order valence-electron chi connectivity index (χ4n) is 6.71. The molecule has 252 valence electrons. The minimum Gasteiger partial charge on any atom is -0.462 e. The van der Waals surface area contributed by atoms with Crippen LogP contribution in [-0.4, -0.2) is 80.1 Å². The molecule has 1 saturated carbocycles. The largest absolute Gasteiger partial charge is 0.462 e. The number of hydrogen-bond acceptors (Lipinski definition) is 8. The predicted octanol–water partition coefficient (Wildman–Crippen LogP) is 3.74. The maximum Gasteiger partial charge on any atom is 0.407 e. The van der Waals surface area contributed by atoms with E-state index in [1.165, 1.54) is 0 Å². The summed E-state index contributed by atoms with van der Waals surface area (Å²) in [5.41, 5.74) is 3.72. The van der Waals surface area contributed by atoms with Crippen LogP contribution in [0.4, 0.5) is 4.79 Å². The quantitative estimate of drug-likeness (QED) is 0.173. The molecule has 47 heavy (non-hydrogen) atoms. The predicted molar refractivity (Wildman–Crippen MR) is 174 cm³/mol. The molecule has 0 aromatic heterocycles. The van der Waals surface area contributed by atoms with Crippen molar-refractivity contribution in [3.05, 3.63) is 71.8 Å². The van der Waals surface area contributed by atoms with Gasteiger partial charge in [0.25, 0.3) is 0 Å². The highest BCUT2D eigenvalue weighted by Crippen LogP contribution is 2.44. The summed E-state index contributed by atoms with van der Waals surface area (Å²) >= 11 is 0. The average molecular weight is 648 g/mol. The lowest BCUT2D eigenvalue weighted by atomic mass is 9.94. The highest BCUT2D eigenvalue weighted by molar-refractivity contribution is 5.86. The number of ether oxygens (including phenoxy) is 3. The monoisotopic (exact) mass is 647 g/mol. The summed E-state index contributed by atoms with van der Waals surface area (Å²) in [4.78, 5) is 52.5. The molecule has 1 heterocycles. The van der Waals surface area contributed by atoms with Gasteiger partial charge in [-0.1, -0.05) is 73.5 Å². The standard InChI is InChI=1S/C36H45N3O8/c40-19-21-45-20-18-37-32(41)22-25-10-2-1-3-15-31(34(43)47-24-36(39-33(25)42)16-8-9-17-36)38-35(44)46-23-30-28-13-6-4-11-26(28)27-12-5-7-14-29(27)30/h1-2,4-7,11-14,25,30-31,40H,3,8-10,15-24H2,(H,37,41)(H,38,44)(H,39,42)/t25-,31+/m1/s1. The van der Waals surface area contributed by atoms with Gasteiger partial charge in [-0.3, -0.25) is 9.59 Å². The summed E-state index contributed by atoms with van der Waals surface area (Å²) in [6.07, 6.45) is 7.11. The molecule has 3 amide bonds. The molecule has 2 aliphatic carbocycles. The normalized spacial score (nSPS) is 21.0. The SMILES string of the molecule is O=C(C[C@H]1CC=CCC[C@H](NC(=O)OCC2c3ccccc3-c3ccccc32)C(=O)OCC2(CCCC2)NC1=O)NCCOCCO. The lowest BCUT2D eigenvalue weighted by Gasteiger charge is -2.32. The number of aliphatic hydroxyl groups is 1. The molecule has 3 aliphatic rings. The Hall–Kier alpha value is -4.22. The number of nitrogens with one attached hydrogen (secondary N) is 3. The van der Waals surface area contributed by atoms with Gasteiger partial charge >= 0.3 is 12.1 Å². The fourth-order valence-corrected chi connectivity index (χ4v) is 6.71. The van der Waals surface area contributed by atoms with Crippen LogP contribution in [-0.2, 0) is 28.6 Å². The van der Waals surface area contributed by atoms with Crippen molar-refractivity contribution < 1.29 is 38.5 Å². The molecule has 11 nitrogen and oxygen atoms in total. The van der Waals surface area contributed by atoms with Crippen molar-refractivity contribution >= 4 is 23.9 Å². The van der Waals surface area contributed by atoms with E-state index in [2.05, 4.69) is 28.1 Å². The Morgan fingerprint density at radius 2 is 1.68 bits per heavy atom. The minimum atomic E-state index is -0.931. The van der Waals surface area contributed by atoms with E-state index in [4.69, 9.17) is 19.3 Å². The maximum atomic E-state index is 13.5. The van der Waals surface area contributed by atoms with Gasteiger partial charge in [-0.15, -0.1) is 0 Å². The molecule has 0 radical (unpaired) electrons. The molecule has 1 fully saturated rings. The molecule has 1 aliphatic heterocycles. The summed E-state index contributed by atoms with van der Waals surface area (Å²) in [5.74, 6) is -1.82. The summed E-state index contributed by atoms with van der Waals surface area (Å²) in [6.45, 7) is 0.756. The zero-order valence-electron chi connectivity index (χ0n) is 26.7. The van der Waals surface area contributed by atoms with Crippen molar-refractivity contribution in [3.8, 4) is 11.1 Å². The zero-order chi connectivity index (χ0) is 33.1. The number of amides is 3. The highest BCUT2D eigenvalue weighted by Gasteiger charge is 2.39. The summed E-state index contributed by atoms with van der Waals surface area (Å²) in [6, 6.07) is 15.2. The molecule has 2 atom stereocenters. The van der Waals surface area contributed by atoms with Gasteiger partial charge < -0.3 is 35.3 Å². The topological polar surface area (TPSA) is 152 Å². The number of alkyl carbamates (subject to hydrolysis) is 1. The van der Waals surface area contributed by atoms with Gasteiger partial charge in [-0.25, -0.2) is 9.59 Å². The van der Waals surface area contributed by atoms with Crippen LogP contribution in [0.15, 0.2) is 60.7 Å². The molecular weight excluding hydrogens is 602 g/mol. The van der Waals surface area contributed by atoms with Crippen molar-refractivity contribution in [3.63, 3.8) is 0 Å². The summed E-state index contributed by atoms with van der Waals surface area (Å²) in [5, 5.41) is 17.4. The van der Waals surface area contributed by atoms with E-state index in [0.717, 1.165) is 35.1 Å². The van der Waals surface area contributed by atoms with Crippen LogP contribution in [0.1, 0.15) is 68.4 Å². The first-order valence-corrected chi connectivity index (χ1v) is 16.6. The second-order valence-electron chi connectivity index (χ2n) is 12.5. The molecule has 11 heteroatoms. The van der Waals surface area contributed by atoms with E-state index in [-0.39, 0.29) is 70.2 Å². The molecule has 1 spiro atoms. The van der Waals surface area contributed by atoms with Crippen molar-refractivity contribution in [2.24, 2.45) is 5.92 Å². The Morgan fingerprint density at radius 3 is 2.38 bits per heavy atom. The highest BCUT2D eigenvalue weighted by atomic mass is 16.6. The van der Waals surface area contributed by atoms with Gasteiger partial charge in [-0.05, 0) is 54.4 Å². The minimum absolute atomic E-state index is 0.00198. The zero-order valence-corrected chi connectivity index (χ0v) is 26.7. The number of cyclic esters (lactones) is 1. The van der Waals surface area contributed by atoms with Crippen LogP contribution >= 0.6 is 0 Å². The van der Waals surface area contributed by atoms with E-state index in [1.54, 1.807) is 0 Å². The number of carbonyl (C=O) groups is 4. The van der Waals surface area contributed by atoms with Crippen molar-refractivity contribution in [1.29, 1.82) is 0 Å². The smallest absolute Gasteiger partial charge is 0.407 e. The molecule has 0 unspecified atom stereocenters. The van der Waals surface area contributed by atoms with E-state index in [9.17, 15) is 19.2 Å². The van der Waals surface area contributed by atoms with Gasteiger partial charge in [-0.2, -0.15) is 0 Å². The van der Waals surface area contributed by atoms with Crippen molar-refractivity contribution in [2.45, 2.75) is 68.9 Å². The number of hydrogen-bond donors (Lipinski definition) is 4. The summed E-state index contributed by atoms with van der Waals surface area (Å²) < 4.78 is 16.7. The number of allylic oxidation sites excluding steroid dienone is 2. The van der Waals surface area contributed by atoms with Crippen LogP contribution in [0.3, 0.4) is 0 Å². The van der Waals surface area contributed by atoms with Crippen molar-refractivity contribution in [1.82, 2.24) is 16.0 Å². The lowest BCUT2D eigenvalue weighted by molar-refractivity contribution is -0.149. The van der Waals surface area contributed by atoms with Crippen LogP contribution < -0.4 is 16.0 Å². The van der Waals surface area contributed by atoms with Crippen LogP contribution in [0.2, 0.25) is 0 Å². The third-order valence-corrected chi connectivity index (χ3v) is 9.18. The number of esters is 1. The Labute approximate surface area is 275 Å². The number of fused-ring (bicyclic) bond motifs is 3. The Kier molecular flexibility index (Phi) is 12.0. The second kappa shape index (κ2) is 16.6. The van der Waals surface area contributed by atoms with Crippen LogP contribution in [0.25, 0.3) is 11.1 Å². The first kappa shape index (κ1) is 34.1. The van der Waals surface area contributed by atoms with Gasteiger partial charge in [0, 0.05) is 18.9 Å². The van der Waals surface area contributed by atoms with E-state index < -0.39 is 29.6 Å². The number of carbonyl (C=O) groups excluding carboxylic acids is 4. The first-order chi connectivity index (χ1) is 22.9. The number of benzene rings is 2. The Morgan fingerprint density at radius 1 is 0.979 bits per heavy atom. The van der Waals surface area contributed by atoms with Gasteiger partial charge in [0.05, 0.1) is 31.3 Å². The van der Waals surface area contributed by atoms with Crippen LogP contribution in [0.5, 0.6) is 0 Å². The van der Waals surface area contributed by atoms with Gasteiger partial charge in [0.1, 0.15) is 19.3 Å². The molecule has 2 aromatic carbocycles. The van der Waals surface area contributed by atoms with E-state index >= 15 is 0 Å². The Balaban J connectivity index is 1.21. The van der Waals surface area contributed by atoms with Crippen LogP contribution in [0, 0.1) is 5.92 Å². The van der Waals surface area contributed by atoms with Gasteiger partial charge in [0.15, 0.2) is 0 Å². The van der Waals surface area contributed by atoms with Crippen molar-refractivity contribution in [2.75, 3.05) is 39.6 Å².